The highest BCUT2D eigenvalue weighted by atomic mass is 16.5. The first-order chi connectivity index (χ1) is 20.2. The number of hydrogen-bond donors (Lipinski definition) is 2. The van der Waals surface area contributed by atoms with Crippen LogP contribution in [0.4, 0.5) is 16.2 Å². The second-order valence-electron chi connectivity index (χ2n) is 9.59. The first-order valence-corrected chi connectivity index (χ1v) is 13.5. The van der Waals surface area contributed by atoms with E-state index in [-0.39, 0.29) is 12.2 Å². The van der Waals surface area contributed by atoms with E-state index in [1.165, 1.54) is 0 Å². The first-order valence-electron chi connectivity index (χ1n) is 13.5. The maximum Gasteiger partial charge on any atom is 0.358 e. The van der Waals surface area contributed by atoms with Crippen molar-refractivity contribution in [3.63, 3.8) is 0 Å². The quantitative estimate of drug-likeness (QED) is 0.210. The predicted octanol–water partition coefficient (Wildman–Crippen LogP) is 7.00. The minimum atomic E-state index is -0.350. The summed E-state index contributed by atoms with van der Waals surface area (Å²) < 4.78 is 11.9. The van der Waals surface area contributed by atoms with Gasteiger partial charge in [-0.3, -0.25) is 0 Å². The van der Waals surface area contributed by atoms with Gasteiger partial charge in [0.05, 0.1) is 11.4 Å². The lowest BCUT2D eigenvalue weighted by molar-refractivity contribution is 0.231. The Labute approximate surface area is 239 Å². The van der Waals surface area contributed by atoms with Gasteiger partial charge in [-0.25, -0.2) is 25.7 Å². The number of carbonyl (C=O) groups excluding carboxylic acids is 1. The Morgan fingerprint density at radius 3 is 1.32 bits per heavy atom. The molecule has 0 atom stereocenters. The molecule has 1 saturated heterocycles. The van der Waals surface area contributed by atoms with Gasteiger partial charge in [0.25, 0.3) is 0 Å². The summed E-state index contributed by atoms with van der Waals surface area (Å²) in [7, 11) is 0. The van der Waals surface area contributed by atoms with Crippen LogP contribution in [0.3, 0.4) is 0 Å². The van der Waals surface area contributed by atoms with Crippen LogP contribution >= 0.6 is 0 Å². The van der Waals surface area contributed by atoms with Gasteiger partial charge in [0.1, 0.15) is 30.9 Å². The highest BCUT2D eigenvalue weighted by Crippen LogP contribution is 2.28. The second kappa shape index (κ2) is 12.4. The Hall–Kier alpha value is -5.11. The molecule has 5 aromatic carbocycles. The van der Waals surface area contributed by atoms with Crippen LogP contribution in [0.25, 0.3) is 0 Å². The van der Waals surface area contributed by atoms with E-state index in [9.17, 15) is 4.79 Å². The maximum atomic E-state index is 13.8. The highest BCUT2D eigenvalue weighted by Gasteiger charge is 2.34. The number of rotatable bonds is 9. The SMILES string of the molecule is O=C1N(c2ccc(OCc3ccccc3)cc2)NC(c2ccccc2)NN1c1ccc(OCc2ccccc2)cc1. The zero-order chi connectivity index (χ0) is 27.9. The van der Waals surface area contributed by atoms with E-state index >= 15 is 0 Å². The summed E-state index contributed by atoms with van der Waals surface area (Å²) >= 11 is 0. The van der Waals surface area contributed by atoms with Gasteiger partial charge in [-0.2, -0.15) is 0 Å². The Kier molecular flexibility index (Phi) is 7.89. The molecule has 0 radical (unpaired) electrons. The molecule has 6 rings (SSSR count). The molecule has 7 heteroatoms. The van der Waals surface area contributed by atoms with Crippen molar-refractivity contribution < 1.29 is 14.3 Å². The smallest absolute Gasteiger partial charge is 0.358 e. The number of urea groups is 1. The average molecular weight is 543 g/mol. The fourth-order valence-corrected chi connectivity index (χ4v) is 4.53. The molecular weight excluding hydrogens is 512 g/mol. The number of nitrogens with one attached hydrogen (secondary N) is 2. The Morgan fingerprint density at radius 2 is 0.902 bits per heavy atom. The number of benzene rings is 5. The topological polar surface area (TPSA) is 66.1 Å². The molecule has 5 aromatic rings. The maximum absolute atomic E-state index is 13.8. The van der Waals surface area contributed by atoms with Crippen LogP contribution in [-0.4, -0.2) is 6.03 Å². The Balaban J connectivity index is 1.20. The summed E-state index contributed by atoms with van der Waals surface area (Å²) in [6.07, 6.45) is -0.350. The van der Waals surface area contributed by atoms with Gasteiger partial charge in [0.2, 0.25) is 0 Å². The van der Waals surface area contributed by atoms with E-state index in [1.807, 2.05) is 140 Å². The third-order valence-corrected chi connectivity index (χ3v) is 6.72. The Bertz CT molecular complexity index is 1450. The minimum absolute atomic E-state index is 0.270. The molecule has 0 aliphatic carbocycles. The van der Waals surface area contributed by atoms with Crippen LogP contribution in [0.2, 0.25) is 0 Å². The molecule has 1 aliphatic heterocycles. The van der Waals surface area contributed by atoms with Crippen molar-refractivity contribution in [2.24, 2.45) is 0 Å². The molecule has 0 saturated carbocycles. The highest BCUT2D eigenvalue weighted by molar-refractivity contribution is 6.03. The zero-order valence-electron chi connectivity index (χ0n) is 22.4. The monoisotopic (exact) mass is 542 g/mol. The van der Waals surface area contributed by atoms with Gasteiger partial charge < -0.3 is 9.47 Å². The van der Waals surface area contributed by atoms with Crippen molar-refractivity contribution in [3.05, 3.63) is 156 Å². The molecule has 7 nitrogen and oxygen atoms in total. The molecule has 0 unspecified atom stereocenters. The van der Waals surface area contributed by atoms with E-state index < -0.39 is 0 Å². The van der Waals surface area contributed by atoms with Gasteiger partial charge in [-0.05, 0) is 65.2 Å². The molecule has 0 bridgehead atoms. The zero-order valence-corrected chi connectivity index (χ0v) is 22.4. The second-order valence-corrected chi connectivity index (χ2v) is 9.59. The van der Waals surface area contributed by atoms with Crippen molar-refractivity contribution in [2.75, 3.05) is 10.0 Å². The number of carbonyl (C=O) groups is 1. The predicted molar refractivity (Wildman–Crippen MR) is 160 cm³/mol. The molecule has 2 amide bonds. The van der Waals surface area contributed by atoms with E-state index in [0.29, 0.717) is 24.6 Å². The molecule has 41 heavy (non-hydrogen) atoms. The normalized spacial score (nSPS) is 13.7. The summed E-state index contributed by atoms with van der Waals surface area (Å²) in [5.74, 6) is 1.45. The number of nitrogens with zero attached hydrogens (tertiary/aromatic N) is 2. The lowest BCUT2D eigenvalue weighted by atomic mass is 10.2. The standard InChI is InChI=1S/C34H30N4O3/c39-34-37(29-16-20-31(21-17-29)40-24-26-10-4-1-5-11-26)35-33(28-14-8-3-9-15-28)36-38(34)30-18-22-32(23-19-30)41-25-27-12-6-2-7-13-27/h1-23,33,35-36H,24-25H2. The summed E-state index contributed by atoms with van der Waals surface area (Å²) in [6, 6.07) is 44.7. The van der Waals surface area contributed by atoms with E-state index in [2.05, 4.69) is 10.9 Å². The third kappa shape index (κ3) is 6.38. The summed E-state index contributed by atoms with van der Waals surface area (Å²) in [5.41, 5.74) is 11.2. The van der Waals surface area contributed by atoms with Crippen LogP contribution < -0.4 is 30.3 Å². The summed E-state index contributed by atoms with van der Waals surface area (Å²) in [4.78, 5) is 13.8. The van der Waals surface area contributed by atoms with Crippen LogP contribution in [0, 0.1) is 0 Å². The van der Waals surface area contributed by atoms with Crippen molar-refractivity contribution in [1.82, 2.24) is 10.9 Å². The molecule has 1 fully saturated rings. The third-order valence-electron chi connectivity index (χ3n) is 6.72. The minimum Gasteiger partial charge on any atom is -0.489 e. The van der Waals surface area contributed by atoms with Crippen LogP contribution in [0.5, 0.6) is 11.5 Å². The van der Waals surface area contributed by atoms with Crippen molar-refractivity contribution in [2.45, 2.75) is 19.4 Å². The molecule has 0 spiro atoms. The van der Waals surface area contributed by atoms with Crippen molar-refractivity contribution in [3.8, 4) is 11.5 Å². The van der Waals surface area contributed by atoms with Crippen LogP contribution in [0.1, 0.15) is 22.9 Å². The van der Waals surface area contributed by atoms with Gasteiger partial charge >= 0.3 is 6.03 Å². The lowest BCUT2D eigenvalue weighted by Crippen LogP contribution is -2.65. The number of hydrogen-bond acceptors (Lipinski definition) is 5. The van der Waals surface area contributed by atoms with Gasteiger partial charge in [-0.1, -0.05) is 91.0 Å². The van der Waals surface area contributed by atoms with Gasteiger partial charge in [0.15, 0.2) is 0 Å². The van der Waals surface area contributed by atoms with Gasteiger partial charge in [-0.15, -0.1) is 0 Å². The lowest BCUT2D eigenvalue weighted by Gasteiger charge is -2.41. The number of amides is 2. The van der Waals surface area contributed by atoms with Gasteiger partial charge in [0, 0.05) is 0 Å². The summed E-state index contributed by atoms with van der Waals surface area (Å²) in [6.45, 7) is 0.944. The fraction of sp³-hybridized carbons (Fsp3) is 0.0882. The molecular formula is C34H30N4O3. The van der Waals surface area contributed by atoms with E-state index in [4.69, 9.17) is 9.47 Å². The average Bonchev–Trinajstić information content (AvgIpc) is 3.05. The molecule has 0 aromatic heterocycles. The molecule has 1 aliphatic rings. The van der Waals surface area contributed by atoms with Crippen molar-refractivity contribution >= 4 is 17.4 Å². The number of hydrazine groups is 2. The largest absolute Gasteiger partial charge is 0.489 e. The fourth-order valence-electron chi connectivity index (χ4n) is 4.53. The molecule has 204 valence electrons. The van der Waals surface area contributed by atoms with Crippen LogP contribution in [0.15, 0.2) is 140 Å². The number of ether oxygens (including phenoxy) is 2. The van der Waals surface area contributed by atoms with E-state index in [1.54, 1.807) is 10.0 Å². The summed E-state index contributed by atoms with van der Waals surface area (Å²) in [5, 5.41) is 3.10. The molecule has 1 heterocycles. The number of anilines is 2. The first kappa shape index (κ1) is 26.1. The molecule has 2 N–H and O–H groups in total. The van der Waals surface area contributed by atoms with E-state index in [0.717, 1.165) is 28.2 Å². The van der Waals surface area contributed by atoms with Crippen LogP contribution in [-0.2, 0) is 13.2 Å². The Morgan fingerprint density at radius 1 is 0.512 bits per heavy atom. The van der Waals surface area contributed by atoms with Crippen molar-refractivity contribution in [1.29, 1.82) is 0 Å².